The average molecular weight is 340 g/mol. The molecule has 8 heteroatoms. The molecule has 120 valence electrons. The topological polar surface area (TPSA) is 83.0 Å². The van der Waals surface area contributed by atoms with E-state index in [0.29, 0.717) is 22.9 Å². The molecular weight excluding hydrogens is 328 g/mol. The molecule has 0 radical (unpaired) electrons. The van der Waals surface area contributed by atoms with Crippen molar-refractivity contribution in [3.8, 4) is 17.1 Å². The van der Waals surface area contributed by atoms with Gasteiger partial charge in [0, 0.05) is 5.56 Å². The van der Waals surface area contributed by atoms with Gasteiger partial charge in [0.15, 0.2) is 0 Å². The lowest BCUT2D eigenvalue weighted by Crippen LogP contribution is -2.20. The summed E-state index contributed by atoms with van der Waals surface area (Å²) in [5.41, 5.74) is 0.658. The van der Waals surface area contributed by atoms with Crippen LogP contribution in [0.2, 0.25) is 0 Å². The van der Waals surface area contributed by atoms with Gasteiger partial charge in [-0.2, -0.15) is 4.98 Å². The molecule has 3 aromatic heterocycles. The van der Waals surface area contributed by atoms with Crippen LogP contribution in [0.15, 0.2) is 51.4 Å². The summed E-state index contributed by atoms with van der Waals surface area (Å²) in [6.45, 7) is 0.175. The van der Waals surface area contributed by atoms with E-state index in [9.17, 15) is 4.79 Å². The first-order chi connectivity index (χ1) is 11.7. The Bertz CT molecular complexity index is 1070. The second-order valence-corrected chi connectivity index (χ2v) is 5.96. The molecular formula is C16H12N4O3S. The van der Waals surface area contributed by atoms with Gasteiger partial charge >= 0.3 is 0 Å². The molecule has 4 rings (SSSR count). The van der Waals surface area contributed by atoms with Crippen molar-refractivity contribution in [1.29, 1.82) is 0 Å². The minimum atomic E-state index is -0.123. The number of benzene rings is 1. The zero-order valence-electron chi connectivity index (χ0n) is 12.7. The van der Waals surface area contributed by atoms with Gasteiger partial charge in [0.1, 0.15) is 17.1 Å². The standard InChI is InChI=1S/C16H12N4O3S/c1-22-11-4-2-3-10(7-11)14-18-13(23-19-14)8-20-9-17-15-12(16(20)21)5-6-24-15/h2-7,9H,8H2,1H3. The van der Waals surface area contributed by atoms with E-state index >= 15 is 0 Å². The SMILES string of the molecule is COc1cccc(-c2noc(Cn3cnc4sccc4c3=O)n2)c1. The number of nitrogens with zero attached hydrogens (tertiary/aromatic N) is 4. The van der Waals surface area contributed by atoms with Crippen LogP contribution in [0, 0.1) is 0 Å². The first-order valence-corrected chi connectivity index (χ1v) is 8.02. The normalized spacial score (nSPS) is 11.0. The zero-order chi connectivity index (χ0) is 16.5. The first kappa shape index (κ1) is 14.6. The Balaban J connectivity index is 1.64. The molecule has 1 aromatic carbocycles. The largest absolute Gasteiger partial charge is 0.497 e. The second-order valence-electron chi connectivity index (χ2n) is 5.06. The van der Waals surface area contributed by atoms with Gasteiger partial charge in [-0.05, 0) is 23.6 Å². The molecule has 0 atom stereocenters. The summed E-state index contributed by atoms with van der Waals surface area (Å²) >= 11 is 1.43. The molecule has 3 heterocycles. The smallest absolute Gasteiger partial charge is 0.262 e. The van der Waals surface area contributed by atoms with Crippen molar-refractivity contribution in [3.05, 3.63) is 58.3 Å². The van der Waals surface area contributed by atoms with Crippen molar-refractivity contribution in [2.24, 2.45) is 0 Å². The fraction of sp³-hybridized carbons (Fsp3) is 0.125. The maximum atomic E-state index is 12.4. The van der Waals surface area contributed by atoms with Gasteiger partial charge in [0.05, 0.1) is 18.8 Å². The number of thiophene rings is 1. The van der Waals surface area contributed by atoms with Crippen LogP contribution in [0.1, 0.15) is 5.89 Å². The van der Waals surface area contributed by atoms with Crippen LogP contribution < -0.4 is 10.3 Å². The van der Waals surface area contributed by atoms with Crippen LogP contribution in [-0.4, -0.2) is 26.8 Å². The Morgan fingerprint density at radius 3 is 3.12 bits per heavy atom. The minimum absolute atomic E-state index is 0.123. The maximum Gasteiger partial charge on any atom is 0.262 e. The lowest BCUT2D eigenvalue weighted by molar-refractivity contribution is 0.369. The van der Waals surface area contributed by atoms with Crippen LogP contribution in [-0.2, 0) is 6.54 Å². The fourth-order valence-electron chi connectivity index (χ4n) is 2.35. The zero-order valence-corrected chi connectivity index (χ0v) is 13.5. The van der Waals surface area contributed by atoms with E-state index in [1.165, 1.54) is 22.2 Å². The van der Waals surface area contributed by atoms with E-state index in [1.807, 2.05) is 29.6 Å². The van der Waals surface area contributed by atoms with Gasteiger partial charge in [-0.25, -0.2) is 4.98 Å². The third-order valence-corrected chi connectivity index (χ3v) is 4.37. The van der Waals surface area contributed by atoms with Crippen LogP contribution in [0.25, 0.3) is 21.6 Å². The van der Waals surface area contributed by atoms with Crippen molar-refractivity contribution in [3.63, 3.8) is 0 Å². The Morgan fingerprint density at radius 2 is 2.25 bits per heavy atom. The van der Waals surface area contributed by atoms with E-state index in [-0.39, 0.29) is 12.1 Å². The van der Waals surface area contributed by atoms with Crippen LogP contribution in [0.4, 0.5) is 0 Å². The van der Waals surface area contributed by atoms with Crippen molar-refractivity contribution in [2.75, 3.05) is 7.11 Å². The van der Waals surface area contributed by atoms with E-state index in [4.69, 9.17) is 9.26 Å². The fourth-order valence-corrected chi connectivity index (χ4v) is 3.07. The number of ether oxygens (including phenoxy) is 1. The molecule has 0 fully saturated rings. The van der Waals surface area contributed by atoms with Gasteiger partial charge < -0.3 is 9.26 Å². The van der Waals surface area contributed by atoms with E-state index in [2.05, 4.69) is 15.1 Å². The number of hydrogen-bond donors (Lipinski definition) is 0. The summed E-state index contributed by atoms with van der Waals surface area (Å²) in [4.78, 5) is 21.7. The Morgan fingerprint density at radius 1 is 1.33 bits per heavy atom. The lowest BCUT2D eigenvalue weighted by atomic mass is 10.2. The van der Waals surface area contributed by atoms with E-state index in [1.54, 1.807) is 13.2 Å². The molecule has 7 nitrogen and oxygen atoms in total. The molecule has 0 N–H and O–H groups in total. The first-order valence-electron chi connectivity index (χ1n) is 7.14. The van der Waals surface area contributed by atoms with Gasteiger partial charge in [-0.3, -0.25) is 9.36 Å². The molecule has 4 aromatic rings. The van der Waals surface area contributed by atoms with E-state index in [0.717, 1.165) is 10.4 Å². The molecule has 0 unspecified atom stereocenters. The van der Waals surface area contributed by atoms with Gasteiger partial charge in [0.2, 0.25) is 11.7 Å². The number of hydrogen-bond acceptors (Lipinski definition) is 7. The highest BCUT2D eigenvalue weighted by Gasteiger charge is 2.12. The summed E-state index contributed by atoms with van der Waals surface area (Å²) in [5.74, 6) is 1.50. The third kappa shape index (κ3) is 2.56. The van der Waals surface area contributed by atoms with Crippen LogP contribution in [0.5, 0.6) is 5.75 Å². The molecule has 0 bridgehead atoms. The monoisotopic (exact) mass is 340 g/mol. The Labute approximate surface area is 140 Å². The molecule has 24 heavy (non-hydrogen) atoms. The molecule has 0 saturated heterocycles. The minimum Gasteiger partial charge on any atom is -0.497 e. The van der Waals surface area contributed by atoms with Crippen LogP contribution in [0.3, 0.4) is 0 Å². The summed E-state index contributed by atoms with van der Waals surface area (Å²) in [6.07, 6.45) is 1.50. The van der Waals surface area contributed by atoms with Gasteiger partial charge in [-0.15, -0.1) is 11.3 Å². The third-order valence-electron chi connectivity index (χ3n) is 3.55. The Hall–Kier alpha value is -3.00. The van der Waals surface area contributed by atoms with Gasteiger partial charge in [-0.1, -0.05) is 17.3 Å². The van der Waals surface area contributed by atoms with Crippen molar-refractivity contribution in [1.82, 2.24) is 19.7 Å². The number of aromatic nitrogens is 4. The van der Waals surface area contributed by atoms with Crippen molar-refractivity contribution in [2.45, 2.75) is 6.54 Å². The summed E-state index contributed by atoms with van der Waals surface area (Å²) in [5, 5.41) is 6.40. The predicted octanol–water partition coefficient (Wildman–Crippen LogP) is 2.56. The Kier molecular flexibility index (Phi) is 3.58. The van der Waals surface area contributed by atoms with Gasteiger partial charge in [0.25, 0.3) is 5.56 Å². The van der Waals surface area contributed by atoms with Crippen molar-refractivity contribution < 1.29 is 9.26 Å². The average Bonchev–Trinajstić information content (AvgIpc) is 3.27. The van der Waals surface area contributed by atoms with E-state index < -0.39 is 0 Å². The highest BCUT2D eigenvalue weighted by molar-refractivity contribution is 7.16. The molecule has 0 saturated carbocycles. The molecule has 0 aliphatic heterocycles. The predicted molar refractivity (Wildman–Crippen MR) is 89.3 cm³/mol. The molecule has 0 aliphatic carbocycles. The van der Waals surface area contributed by atoms with Crippen molar-refractivity contribution >= 4 is 21.6 Å². The number of methoxy groups -OCH3 is 1. The highest BCUT2D eigenvalue weighted by atomic mass is 32.1. The lowest BCUT2D eigenvalue weighted by Gasteiger charge is -2.01. The maximum absolute atomic E-state index is 12.4. The molecule has 0 amide bonds. The summed E-state index contributed by atoms with van der Waals surface area (Å²) < 4.78 is 11.9. The second kappa shape index (κ2) is 5.89. The molecule has 0 spiro atoms. The number of rotatable bonds is 4. The molecule has 0 aliphatic rings. The summed E-state index contributed by atoms with van der Waals surface area (Å²) in [7, 11) is 1.60. The van der Waals surface area contributed by atoms with Crippen LogP contribution >= 0.6 is 11.3 Å². The number of fused-ring (bicyclic) bond motifs is 1. The highest BCUT2D eigenvalue weighted by Crippen LogP contribution is 2.21. The quantitative estimate of drug-likeness (QED) is 0.568. The summed E-state index contributed by atoms with van der Waals surface area (Å²) in [6, 6.07) is 9.14.